The molecule has 10 heteroatoms. The second-order valence-corrected chi connectivity index (χ2v) is 11.8. The SMILES string of the molecule is CN(C(=O)/C=C/O)c1cccc(N(C(=O)CO)C2CCN(Cc3ccc(-c4nc5cc[nH]c(=O)c5cc4-c4ccccc4)cc3)CC2)c1. The number of fused-ring (bicyclic) bond motifs is 1. The topological polar surface area (TPSA) is 130 Å². The van der Waals surface area contributed by atoms with Gasteiger partial charge in [-0.25, -0.2) is 4.98 Å². The summed E-state index contributed by atoms with van der Waals surface area (Å²) in [6, 6.07) is 29.0. The van der Waals surface area contributed by atoms with Crippen LogP contribution in [0.15, 0.2) is 114 Å². The van der Waals surface area contributed by atoms with Crippen LogP contribution in [0, 0.1) is 0 Å². The Labute approximate surface area is 278 Å². The normalized spacial score (nSPS) is 14.0. The number of benzene rings is 3. The van der Waals surface area contributed by atoms with Crippen LogP contribution in [0.2, 0.25) is 0 Å². The van der Waals surface area contributed by atoms with E-state index in [1.165, 1.54) is 4.90 Å². The molecule has 6 rings (SSSR count). The summed E-state index contributed by atoms with van der Waals surface area (Å²) >= 11 is 0. The molecule has 3 N–H and O–H groups in total. The molecule has 1 saturated heterocycles. The monoisotopic (exact) mass is 643 g/mol. The molecule has 3 heterocycles. The fourth-order valence-corrected chi connectivity index (χ4v) is 6.32. The molecule has 0 bridgehead atoms. The van der Waals surface area contributed by atoms with Gasteiger partial charge in [-0.3, -0.25) is 19.3 Å². The molecule has 1 aliphatic rings. The van der Waals surface area contributed by atoms with Crippen molar-refractivity contribution in [2.45, 2.75) is 25.4 Å². The van der Waals surface area contributed by atoms with E-state index in [0.717, 1.165) is 66.5 Å². The Hall–Kier alpha value is -5.58. The first kappa shape index (κ1) is 32.4. The van der Waals surface area contributed by atoms with E-state index < -0.39 is 18.4 Å². The molecule has 48 heavy (non-hydrogen) atoms. The number of carbonyl (C=O) groups excluding carboxylic acids is 2. The van der Waals surface area contributed by atoms with Gasteiger partial charge in [-0.2, -0.15) is 0 Å². The van der Waals surface area contributed by atoms with Crippen molar-refractivity contribution in [3.8, 4) is 22.4 Å². The number of H-pyrrole nitrogens is 1. The van der Waals surface area contributed by atoms with Crippen molar-refractivity contribution in [2.24, 2.45) is 0 Å². The van der Waals surface area contributed by atoms with Crippen molar-refractivity contribution in [1.82, 2.24) is 14.9 Å². The number of anilines is 2. The van der Waals surface area contributed by atoms with Gasteiger partial charge >= 0.3 is 0 Å². The molecule has 0 atom stereocenters. The fourth-order valence-electron chi connectivity index (χ4n) is 6.32. The van der Waals surface area contributed by atoms with Crippen molar-refractivity contribution in [2.75, 3.05) is 36.5 Å². The molecule has 0 saturated carbocycles. The van der Waals surface area contributed by atoms with E-state index >= 15 is 0 Å². The average molecular weight is 644 g/mol. The highest BCUT2D eigenvalue weighted by Crippen LogP contribution is 2.33. The Morgan fingerprint density at radius 2 is 1.67 bits per heavy atom. The van der Waals surface area contributed by atoms with Gasteiger partial charge in [0.25, 0.3) is 17.4 Å². The summed E-state index contributed by atoms with van der Waals surface area (Å²) in [5.41, 5.74) is 6.43. The first-order valence-electron chi connectivity index (χ1n) is 15.9. The van der Waals surface area contributed by atoms with Crippen LogP contribution in [0.1, 0.15) is 18.4 Å². The first-order valence-corrected chi connectivity index (χ1v) is 15.9. The van der Waals surface area contributed by atoms with Crippen LogP contribution in [0.25, 0.3) is 33.3 Å². The highest BCUT2D eigenvalue weighted by molar-refractivity contribution is 6.02. The molecule has 5 aromatic rings. The number of hydrogen-bond acceptors (Lipinski definition) is 7. The minimum Gasteiger partial charge on any atom is -0.515 e. The average Bonchev–Trinajstić information content (AvgIpc) is 3.12. The van der Waals surface area contributed by atoms with Crippen LogP contribution in [-0.4, -0.2) is 69.7 Å². The number of aliphatic hydroxyl groups excluding tert-OH is 2. The highest BCUT2D eigenvalue weighted by Gasteiger charge is 2.29. The number of aromatic amines is 1. The number of amides is 2. The second-order valence-electron chi connectivity index (χ2n) is 11.8. The number of rotatable bonds is 9. The third-order valence-corrected chi connectivity index (χ3v) is 8.84. The summed E-state index contributed by atoms with van der Waals surface area (Å²) in [7, 11) is 1.59. The molecule has 1 fully saturated rings. The smallest absolute Gasteiger partial charge is 0.257 e. The van der Waals surface area contributed by atoms with Crippen molar-refractivity contribution in [3.05, 3.63) is 125 Å². The van der Waals surface area contributed by atoms with Gasteiger partial charge in [-0.1, -0.05) is 60.7 Å². The zero-order valence-electron chi connectivity index (χ0n) is 26.6. The largest absolute Gasteiger partial charge is 0.515 e. The molecular formula is C38H37N5O5. The predicted octanol–water partition coefficient (Wildman–Crippen LogP) is 5.28. The minimum atomic E-state index is -0.618. The zero-order chi connectivity index (χ0) is 33.6. The molecular weight excluding hydrogens is 606 g/mol. The predicted molar refractivity (Wildman–Crippen MR) is 188 cm³/mol. The standard InChI is InChI=1S/C38H37N5O5/c1-41(35(46)17-21-44)30-8-5-9-31(22-30)43(36(47)25-45)29-15-19-42(20-16-29)24-26-10-12-28(13-11-26)37-32(27-6-3-2-4-7-27)23-33-34(40-37)14-18-39-38(33)48/h2-14,17-18,21-23,29,44-45H,15-16,19-20,24-25H2,1H3,(H,39,48)/b21-17+. The summed E-state index contributed by atoms with van der Waals surface area (Å²) in [5, 5.41) is 19.3. The van der Waals surface area contributed by atoms with Crippen LogP contribution in [0.3, 0.4) is 0 Å². The number of piperidine rings is 1. The van der Waals surface area contributed by atoms with Gasteiger partial charge in [-0.05, 0) is 54.3 Å². The lowest BCUT2D eigenvalue weighted by atomic mass is 9.97. The number of likely N-dealkylation sites (tertiary alicyclic amines) is 1. The van der Waals surface area contributed by atoms with Gasteiger partial charge in [0.15, 0.2) is 0 Å². The maximum absolute atomic E-state index is 13.0. The van der Waals surface area contributed by atoms with Gasteiger partial charge in [0.1, 0.15) is 6.61 Å². The number of likely N-dealkylation sites (N-methyl/N-ethyl adjacent to an activating group) is 1. The van der Waals surface area contributed by atoms with E-state index in [1.54, 1.807) is 42.4 Å². The summed E-state index contributed by atoms with van der Waals surface area (Å²) in [6.45, 7) is 1.65. The summed E-state index contributed by atoms with van der Waals surface area (Å²) < 4.78 is 0. The van der Waals surface area contributed by atoms with Crippen LogP contribution in [0.5, 0.6) is 0 Å². The van der Waals surface area contributed by atoms with Crippen molar-refractivity contribution in [1.29, 1.82) is 0 Å². The fraction of sp³-hybridized carbons (Fsp3) is 0.211. The lowest BCUT2D eigenvalue weighted by molar-refractivity contribution is -0.122. The number of pyridine rings is 2. The van der Waals surface area contributed by atoms with E-state index in [1.807, 2.05) is 42.5 Å². The first-order chi connectivity index (χ1) is 23.4. The second kappa shape index (κ2) is 14.5. The molecule has 10 nitrogen and oxygen atoms in total. The molecule has 2 amide bonds. The summed E-state index contributed by atoms with van der Waals surface area (Å²) in [4.78, 5) is 50.8. The molecule has 0 unspecified atom stereocenters. The van der Waals surface area contributed by atoms with Gasteiger partial charge in [0, 0.05) is 67.5 Å². The highest BCUT2D eigenvalue weighted by atomic mass is 16.3. The number of nitrogens with zero attached hydrogens (tertiary/aromatic N) is 4. The summed E-state index contributed by atoms with van der Waals surface area (Å²) in [5.74, 6) is -0.801. The maximum Gasteiger partial charge on any atom is 0.257 e. The molecule has 0 radical (unpaired) electrons. The molecule has 1 aliphatic heterocycles. The lowest BCUT2D eigenvalue weighted by Gasteiger charge is -2.38. The van der Waals surface area contributed by atoms with Gasteiger partial charge < -0.3 is 25.0 Å². The number of nitrogens with one attached hydrogen (secondary N) is 1. The van der Waals surface area contributed by atoms with Crippen LogP contribution < -0.4 is 15.4 Å². The zero-order valence-corrected chi connectivity index (χ0v) is 26.6. The Morgan fingerprint density at radius 3 is 2.38 bits per heavy atom. The molecule has 0 aliphatic carbocycles. The van der Waals surface area contributed by atoms with E-state index in [-0.39, 0.29) is 11.6 Å². The van der Waals surface area contributed by atoms with Gasteiger partial charge in [0.2, 0.25) is 0 Å². The molecule has 2 aromatic heterocycles. The number of aliphatic hydroxyl groups is 2. The summed E-state index contributed by atoms with van der Waals surface area (Å²) in [6.07, 6.45) is 4.80. The van der Waals surface area contributed by atoms with E-state index in [0.29, 0.717) is 28.5 Å². The third-order valence-electron chi connectivity index (χ3n) is 8.84. The molecule has 244 valence electrons. The minimum absolute atomic E-state index is 0.112. The Morgan fingerprint density at radius 1 is 0.938 bits per heavy atom. The number of hydrogen-bond donors (Lipinski definition) is 3. The maximum atomic E-state index is 13.0. The van der Waals surface area contributed by atoms with Crippen molar-refractivity contribution in [3.63, 3.8) is 0 Å². The Bertz CT molecular complexity index is 2000. The van der Waals surface area contributed by atoms with E-state index in [4.69, 9.17) is 10.1 Å². The lowest BCUT2D eigenvalue weighted by Crippen LogP contribution is -2.48. The van der Waals surface area contributed by atoms with Gasteiger partial charge in [-0.15, -0.1) is 0 Å². The van der Waals surface area contributed by atoms with Crippen molar-refractivity contribution >= 4 is 34.1 Å². The molecule has 0 spiro atoms. The third kappa shape index (κ3) is 6.90. The molecule has 3 aromatic carbocycles. The van der Waals surface area contributed by atoms with E-state index in [2.05, 4.69) is 34.1 Å². The van der Waals surface area contributed by atoms with E-state index in [9.17, 15) is 19.5 Å². The number of carbonyl (C=O) groups is 2. The van der Waals surface area contributed by atoms with Crippen molar-refractivity contribution < 1.29 is 19.8 Å². The van der Waals surface area contributed by atoms with Gasteiger partial charge in [0.05, 0.1) is 22.9 Å². The Kier molecular flexibility index (Phi) is 9.75. The number of aromatic nitrogens is 2. The van der Waals surface area contributed by atoms with Crippen LogP contribution >= 0.6 is 0 Å². The quantitative estimate of drug-likeness (QED) is 0.147. The van der Waals surface area contributed by atoms with Crippen LogP contribution in [-0.2, 0) is 16.1 Å². The Balaban J connectivity index is 1.17. The van der Waals surface area contributed by atoms with Crippen LogP contribution in [0.4, 0.5) is 11.4 Å².